The molecule has 1 aromatic rings. The molecule has 5 heteroatoms. The van der Waals surface area contributed by atoms with Gasteiger partial charge in [0.2, 0.25) is 0 Å². The molecule has 0 aromatic carbocycles. The summed E-state index contributed by atoms with van der Waals surface area (Å²) in [5.41, 5.74) is 5.12. The van der Waals surface area contributed by atoms with Gasteiger partial charge in [-0.15, -0.1) is 0 Å². The van der Waals surface area contributed by atoms with Crippen molar-refractivity contribution in [3.05, 3.63) is 23.4 Å². The van der Waals surface area contributed by atoms with Crippen molar-refractivity contribution in [3.63, 3.8) is 0 Å². The van der Waals surface area contributed by atoms with Crippen LogP contribution in [0.1, 0.15) is 17.7 Å². The first-order chi connectivity index (χ1) is 6.15. The van der Waals surface area contributed by atoms with Crippen LogP contribution in [0.15, 0.2) is 12.1 Å². The van der Waals surface area contributed by atoms with E-state index in [4.69, 9.17) is 11.0 Å². The standard InChI is InChI=1S/C8H7F2N3/c9-8(10)5-1-2-7(12)13-6(5)3-4-11/h1-2,8H,3H2,(H2,12,13). The molecule has 2 N–H and O–H groups in total. The smallest absolute Gasteiger partial charge is 0.265 e. The van der Waals surface area contributed by atoms with Gasteiger partial charge in [-0.05, 0) is 12.1 Å². The van der Waals surface area contributed by atoms with E-state index in [-0.39, 0.29) is 23.5 Å². The fraction of sp³-hybridized carbons (Fsp3) is 0.250. The zero-order valence-electron chi connectivity index (χ0n) is 6.67. The van der Waals surface area contributed by atoms with Crippen molar-refractivity contribution >= 4 is 5.82 Å². The number of anilines is 1. The SMILES string of the molecule is N#CCc1nc(N)ccc1C(F)F. The maximum Gasteiger partial charge on any atom is 0.265 e. The number of nitrogens with two attached hydrogens (primary N) is 1. The predicted octanol–water partition coefficient (Wildman–Crippen LogP) is 1.67. The van der Waals surface area contributed by atoms with Crippen molar-refractivity contribution in [1.29, 1.82) is 5.26 Å². The highest BCUT2D eigenvalue weighted by molar-refractivity contribution is 5.35. The molecule has 0 saturated heterocycles. The molecule has 68 valence electrons. The van der Waals surface area contributed by atoms with Gasteiger partial charge in [-0.2, -0.15) is 5.26 Å². The maximum atomic E-state index is 12.3. The van der Waals surface area contributed by atoms with Crippen LogP contribution in [0.4, 0.5) is 14.6 Å². The van der Waals surface area contributed by atoms with E-state index in [1.165, 1.54) is 12.1 Å². The van der Waals surface area contributed by atoms with E-state index in [9.17, 15) is 8.78 Å². The fourth-order valence-electron chi connectivity index (χ4n) is 0.944. The van der Waals surface area contributed by atoms with Gasteiger partial charge in [0.25, 0.3) is 6.43 Å². The fourth-order valence-corrected chi connectivity index (χ4v) is 0.944. The Bertz CT molecular complexity index is 344. The lowest BCUT2D eigenvalue weighted by Gasteiger charge is -2.04. The molecule has 1 heterocycles. The molecule has 13 heavy (non-hydrogen) atoms. The first-order valence-electron chi connectivity index (χ1n) is 3.55. The number of nitrogen functional groups attached to an aromatic ring is 1. The Kier molecular flexibility index (Phi) is 2.75. The lowest BCUT2D eigenvalue weighted by molar-refractivity contribution is 0.150. The quantitative estimate of drug-likeness (QED) is 0.758. The molecule has 0 atom stereocenters. The molecular weight excluding hydrogens is 176 g/mol. The van der Waals surface area contributed by atoms with Crippen LogP contribution in [0.3, 0.4) is 0 Å². The number of rotatable bonds is 2. The van der Waals surface area contributed by atoms with Crippen LogP contribution in [0.25, 0.3) is 0 Å². The van der Waals surface area contributed by atoms with E-state index in [0.717, 1.165) is 0 Å². The lowest BCUT2D eigenvalue weighted by Crippen LogP contribution is -2.00. The molecule has 0 aliphatic heterocycles. The summed E-state index contributed by atoms with van der Waals surface area (Å²) in [5.74, 6) is 0.148. The van der Waals surface area contributed by atoms with Gasteiger partial charge in [-0.3, -0.25) is 0 Å². The molecule has 0 spiro atoms. The van der Waals surface area contributed by atoms with Crippen molar-refractivity contribution in [3.8, 4) is 6.07 Å². The van der Waals surface area contributed by atoms with Gasteiger partial charge >= 0.3 is 0 Å². The zero-order chi connectivity index (χ0) is 9.84. The van der Waals surface area contributed by atoms with Crippen molar-refractivity contribution in [2.24, 2.45) is 0 Å². The summed E-state index contributed by atoms with van der Waals surface area (Å²) in [6, 6.07) is 4.24. The van der Waals surface area contributed by atoms with Crippen LogP contribution >= 0.6 is 0 Å². The van der Waals surface area contributed by atoms with Gasteiger partial charge < -0.3 is 5.73 Å². The summed E-state index contributed by atoms with van der Waals surface area (Å²) < 4.78 is 24.6. The summed E-state index contributed by atoms with van der Waals surface area (Å²) in [7, 11) is 0. The average Bonchev–Trinajstić information content (AvgIpc) is 2.04. The Morgan fingerprint density at radius 1 is 1.54 bits per heavy atom. The summed E-state index contributed by atoms with van der Waals surface area (Å²) >= 11 is 0. The molecule has 1 aromatic heterocycles. The molecule has 0 aliphatic rings. The highest BCUT2D eigenvalue weighted by Crippen LogP contribution is 2.22. The van der Waals surface area contributed by atoms with Crippen molar-refractivity contribution < 1.29 is 8.78 Å². The van der Waals surface area contributed by atoms with E-state index in [0.29, 0.717) is 0 Å². The van der Waals surface area contributed by atoms with Gasteiger partial charge in [-0.25, -0.2) is 13.8 Å². The van der Waals surface area contributed by atoms with Gasteiger partial charge in [-0.1, -0.05) is 0 Å². The lowest BCUT2D eigenvalue weighted by atomic mass is 10.1. The largest absolute Gasteiger partial charge is 0.384 e. The van der Waals surface area contributed by atoms with Crippen molar-refractivity contribution in [2.45, 2.75) is 12.8 Å². The Morgan fingerprint density at radius 2 is 2.23 bits per heavy atom. The minimum atomic E-state index is -2.61. The molecule has 0 unspecified atom stereocenters. The topological polar surface area (TPSA) is 62.7 Å². The third-order valence-corrected chi connectivity index (χ3v) is 1.51. The van der Waals surface area contributed by atoms with E-state index in [2.05, 4.69) is 4.98 Å². The number of hydrogen-bond donors (Lipinski definition) is 1. The first-order valence-corrected chi connectivity index (χ1v) is 3.55. The van der Waals surface area contributed by atoms with Crippen LogP contribution in [-0.2, 0) is 6.42 Å². The highest BCUT2D eigenvalue weighted by atomic mass is 19.3. The maximum absolute atomic E-state index is 12.3. The average molecular weight is 183 g/mol. The monoisotopic (exact) mass is 183 g/mol. The minimum Gasteiger partial charge on any atom is -0.384 e. The Hall–Kier alpha value is -1.70. The molecule has 3 nitrogen and oxygen atoms in total. The Morgan fingerprint density at radius 3 is 2.77 bits per heavy atom. The second-order valence-corrected chi connectivity index (χ2v) is 2.41. The number of alkyl halides is 2. The van der Waals surface area contributed by atoms with E-state index >= 15 is 0 Å². The summed E-state index contributed by atoms with van der Waals surface area (Å²) in [4.78, 5) is 3.66. The number of aromatic nitrogens is 1. The Balaban J connectivity index is 3.12. The normalized spacial score (nSPS) is 10.0. The molecular formula is C8H7F2N3. The van der Waals surface area contributed by atoms with Crippen molar-refractivity contribution in [1.82, 2.24) is 4.98 Å². The first kappa shape index (κ1) is 9.39. The molecule has 0 bridgehead atoms. The second-order valence-electron chi connectivity index (χ2n) is 2.41. The minimum absolute atomic E-state index is 0.0532. The van der Waals surface area contributed by atoms with Gasteiger partial charge in [0, 0.05) is 5.56 Å². The van der Waals surface area contributed by atoms with Gasteiger partial charge in [0.05, 0.1) is 18.2 Å². The predicted molar refractivity (Wildman–Crippen MR) is 42.9 cm³/mol. The van der Waals surface area contributed by atoms with Gasteiger partial charge in [0.15, 0.2) is 0 Å². The molecule has 0 fully saturated rings. The van der Waals surface area contributed by atoms with Gasteiger partial charge in [0.1, 0.15) is 5.82 Å². The van der Waals surface area contributed by atoms with E-state index in [1.54, 1.807) is 6.07 Å². The molecule has 0 radical (unpaired) electrons. The third-order valence-electron chi connectivity index (χ3n) is 1.51. The van der Waals surface area contributed by atoms with Crippen LogP contribution in [0, 0.1) is 11.3 Å². The summed E-state index contributed by atoms with van der Waals surface area (Å²) in [6.45, 7) is 0. The van der Waals surface area contributed by atoms with Crippen LogP contribution in [0.2, 0.25) is 0 Å². The van der Waals surface area contributed by atoms with Crippen LogP contribution in [-0.4, -0.2) is 4.98 Å². The number of pyridine rings is 1. The number of hydrogen-bond acceptors (Lipinski definition) is 3. The molecule has 0 aliphatic carbocycles. The Labute approximate surface area is 73.8 Å². The van der Waals surface area contributed by atoms with E-state index < -0.39 is 6.43 Å². The van der Waals surface area contributed by atoms with Crippen LogP contribution in [0.5, 0.6) is 0 Å². The number of nitriles is 1. The van der Waals surface area contributed by atoms with Crippen LogP contribution < -0.4 is 5.73 Å². The van der Waals surface area contributed by atoms with E-state index in [1.807, 2.05) is 0 Å². The summed E-state index contributed by atoms with van der Waals surface area (Å²) in [6.07, 6.45) is -2.76. The third kappa shape index (κ3) is 2.12. The van der Waals surface area contributed by atoms with Crippen molar-refractivity contribution in [2.75, 3.05) is 5.73 Å². The summed E-state index contributed by atoms with van der Waals surface area (Å²) in [5, 5.41) is 8.34. The number of nitrogens with zero attached hydrogens (tertiary/aromatic N) is 2. The number of halogens is 2. The highest BCUT2D eigenvalue weighted by Gasteiger charge is 2.13. The zero-order valence-corrected chi connectivity index (χ0v) is 6.67. The second kappa shape index (κ2) is 3.81. The molecule has 0 amide bonds. The molecule has 0 saturated carbocycles. The molecule has 1 rings (SSSR count).